The molecule has 5 heteroatoms. The van der Waals surface area contributed by atoms with Crippen LogP contribution in [-0.4, -0.2) is 29.2 Å². The number of rotatable bonds is 2. The minimum atomic E-state index is -0.382. The van der Waals surface area contributed by atoms with E-state index in [-0.39, 0.29) is 17.4 Å². The molecule has 1 unspecified atom stereocenters. The number of aromatic nitrogens is 2. The quantitative estimate of drug-likeness (QED) is 0.796. The van der Waals surface area contributed by atoms with E-state index in [4.69, 9.17) is 9.47 Å². The van der Waals surface area contributed by atoms with E-state index >= 15 is 0 Å². The van der Waals surface area contributed by atoms with E-state index in [2.05, 4.69) is 18.8 Å². The van der Waals surface area contributed by atoms with Gasteiger partial charge in [-0.1, -0.05) is 32.0 Å². The molecule has 110 valence electrons. The van der Waals surface area contributed by atoms with Crippen molar-refractivity contribution < 1.29 is 14.3 Å². The van der Waals surface area contributed by atoms with Crippen LogP contribution in [0.3, 0.4) is 0 Å². The van der Waals surface area contributed by atoms with Gasteiger partial charge in [0.05, 0.1) is 32.3 Å². The fourth-order valence-electron chi connectivity index (χ4n) is 2.90. The molecule has 1 aliphatic heterocycles. The van der Waals surface area contributed by atoms with Gasteiger partial charge in [-0.25, -0.2) is 9.78 Å². The second-order valence-corrected chi connectivity index (χ2v) is 5.90. The van der Waals surface area contributed by atoms with Crippen molar-refractivity contribution in [1.82, 2.24) is 9.55 Å². The number of methoxy groups -OCH3 is 1. The molecule has 1 aromatic carbocycles. The van der Waals surface area contributed by atoms with Gasteiger partial charge in [-0.3, -0.25) is 0 Å². The topological polar surface area (TPSA) is 53.3 Å². The summed E-state index contributed by atoms with van der Waals surface area (Å²) in [6.45, 7) is 4.82. The molecule has 0 spiro atoms. The number of para-hydroxylation sites is 1. The zero-order valence-electron chi connectivity index (χ0n) is 12.4. The molecule has 2 aromatic rings. The van der Waals surface area contributed by atoms with E-state index in [1.807, 2.05) is 28.8 Å². The highest BCUT2D eigenvalue weighted by Gasteiger charge is 2.40. The lowest BCUT2D eigenvalue weighted by atomic mass is 9.78. The van der Waals surface area contributed by atoms with Gasteiger partial charge in [-0.15, -0.1) is 0 Å². The van der Waals surface area contributed by atoms with Crippen molar-refractivity contribution in [2.75, 3.05) is 13.7 Å². The molecule has 0 radical (unpaired) electrons. The summed E-state index contributed by atoms with van der Waals surface area (Å²) in [5, 5.41) is 0. The second kappa shape index (κ2) is 4.91. The lowest BCUT2D eigenvalue weighted by molar-refractivity contribution is 0.0568. The number of imidazole rings is 1. The second-order valence-electron chi connectivity index (χ2n) is 5.90. The molecule has 5 nitrogen and oxygen atoms in total. The molecule has 3 rings (SSSR count). The molecule has 0 bridgehead atoms. The highest BCUT2D eigenvalue weighted by Crippen LogP contribution is 2.45. The largest absolute Gasteiger partial charge is 0.493 e. The van der Waals surface area contributed by atoms with E-state index < -0.39 is 0 Å². The molecule has 1 aromatic heterocycles. The molecule has 2 heterocycles. The fourth-order valence-corrected chi connectivity index (χ4v) is 2.90. The fraction of sp³-hybridized carbons (Fsp3) is 0.375. The average Bonchev–Trinajstić information content (AvgIpc) is 2.94. The summed E-state index contributed by atoms with van der Waals surface area (Å²) in [4.78, 5) is 16.1. The summed E-state index contributed by atoms with van der Waals surface area (Å²) in [5.41, 5.74) is 1.34. The predicted octanol–water partition coefficient (Wildman–Crippen LogP) is 2.68. The number of carbonyl (C=O) groups excluding carboxylic acids is 1. The van der Waals surface area contributed by atoms with Gasteiger partial charge in [-0.05, 0) is 6.07 Å². The third kappa shape index (κ3) is 2.18. The van der Waals surface area contributed by atoms with Crippen molar-refractivity contribution >= 4 is 5.97 Å². The van der Waals surface area contributed by atoms with Crippen LogP contribution in [-0.2, 0) is 4.74 Å². The van der Waals surface area contributed by atoms with Gasteiger partial charge in [0.15, 0.2) is 0 Å². The zero-order valence-corrected chi connectivity index (χ0v) is 12.4. The van der Waals surface area contributed by atoms with Crippen molar-refractivity contribution in [3.05, 3.63) is 48.0 Å². The number of carbonyl (C=O) groups is 1. The zero-order chi connectivity index (χ0) is 15.0. The Morgan fingerprint density at radius 3 is 2.95 bits per heavy atom. The number of hydrogen-bond donors (Lipinski definition) is 0. The summed E-state index contributed by atoms with van der Waals surface area (Å²) in [6.07, 6.45) is 3.22. The Labute approximate surface area is 123 Å². The number of esters is 1. The molecular formula is C16H18N2O3. The maximum Gasteiger partial charge on any atom is 0.356 e. The van der Waals surface area contributed by atoms with Crippen LogP contribution in [0, 0.1) is 5.41 Å². The molecule has 0 amide bonds. The molecular weight excluding hydrogens is 268 g/mol. The molecule has 1 aliphatic rings. The third-order valence-corrected chi connectivity index (χ3v) is 3.89. The van der Waals surface area contributed by atoms with Crippen LogP contribution in [0.15, 0.2) is 36.8 Å². The monoisotopic (exact) mass is 286 g/mol. The molecule has 0 N–H and O–H groups in total. The van der Waals surface area contributed by atoms with Crippen LogP contribution in [0.4, 0.5) is 0 Å². The SMILES string of the molecule is COC(=O)c1cncn1C1c2ccccc2OCC1(C)C. The van der Waals surface area contributed by atoms with Gasteiger partial charge in [0.2, 0.25) is 0 Å². The van der Waals surface area contributed by atoms with E-state index in [1.54, 1.807) is 12.5 Å². The Bertz CT molecular complexity index is 676. The smallest absolute Gasteiger partial charge is 0.356 e. The first-order valence-electron chi connectivity index (χ1n) is 6.86. The van der Waals surface area contributed by atoms with E-state index in [0.717, 1.165) is 11.3 Å². The summed E-state index contributed by atoms with van der Waals surface area (Å²) in [5.74, 6) is 0.471. The van der Waals surface area contributed by atoms with Gasteiger partial charge in [0.25, 0.3) is 0 Å². The third-order valence-electron chi connectivity index (χ3n) is 3.89. The number of hydrogen-bond acceptors (Lipinski definition) is 4. The average molecular weight is 286 g/mol. The maximum atomic E-state index is 11.9. The van der Waals surface area contributed by atoms with Gasteiger partial charge >= 0.3 is 5.97 Å². The lowest BCUT2D eigenvalue weighted by Gasteiger charge is -2.40. The van der Waals surface area contributed by atoms with Crippen LogP contribution in [0.1, 0.15) is 35.9 Å². The van der Waals surface area contributed by atoms with Crippen LogP contribution in [0.25, 0.3) is 0 Å². The summed E-state index contributed by atoms with van der Waals surface area (Å²) >= 11 is 0. The van der Waals surface area contributed by atoms with E-state index in [9.17, 15) is 4.79 Å². The van der Waals surface area contributed by atoms with Crippen molar-refractivity contribution in [2.24, 2.45) is 5.41 Å². The first-order chi connectivity index (χ1) is 10.0. The van der Waals surface area contributed by atoms with E-state index in [0.29, 0.717) is 12.3 Å². The van der Waals surface area contributed by atoms with Crippen molar-refractivity contribution in [1.29, 1.82) is 0 Å². The van der Waals surface area contributed by atoms with Crippen LogP contribution < -0.4 is 4.74 Å². The molecule has 21 heavy (non-hydrogen) atoms. The predicted molar refractivity (Wildman–Crippen MR) is 77.4 cm³/mol. The summed E-state index contributed by atoms with van der Waals surface area (Å²) in [6, 6.07) is 7.88. The Balaban J connectivity index is 2.16. The van der Waals surface area contributed by atoms with Gasteiger partial charge in [0, 0.05) is 11.0 Å². The lowest BCUT2D eigenvalue weighted by Crippen LogP contribution is -2.38. The number of nitrogens with zero attached hydrogens (tertiary/aromatic N) is 2. The Kier molecular flexibility index (Phi) is 3.20. The van der Waals surface area contributed by atoms with Crippen LogP contribution in [0.5, 0.6) is 5.75 Å². The molecule has 0 saturated carbocycles. The van der Waals surface area contributed by atoms with Crippen molar-refractivity contribution in [3.8, 4) is 5.75 Å². The molecule has 0 aliphatic carbocycles. The maximum absolute atomic E-state index is 11.9. The standard InChI is InChI=1S/C16H18N2O3/c1-16(2)9-21-13-7-5-4-6-11(13)14(16)18-10-17-8-12(18)15(19)20-3/h4-8,10,14H,9H2,1-3H3. The molecule has 0 saturated heterocycles. The normalized spacial score (nSPS) is 19.5. The van der Waals surface area contributed by atoms with Crippen molar-refractivity contribution in [3.63, 3.8) is 0 Å². The minimum Gasteiger partial charge on any atom is -0.493 e. The number of fused-ring (bicyclic) bond motifs is 1. The molecule has 1 atom stereocenters. The highest BCUT2D eigenvalue weighted by molar-refractivity contribution is 5.87. The Morgan fingerprint density at radius 2 is 2.19 bits per heavy atom. The van der Waals surface area contributed by atoms with Gasteiger partial charge in [0.1, 0.15) is 11.4 Å². The summed E-state index contributed by atoms with van der Waals surface area (Å²) in [7, 11) is 1.38. The van der Waals surface area contributed by atoms with Gasteiger partial charge < -0.3 is 14.0 Å². The first kappa shape index (κ1) is 13.7. The van der Waals surface area contributed by atoms with Crippen molar-refractivity contribution in [2.45, 2.75) is 19.9 Å². The minimum absolute atomic E-state index is 0.0287. The highest BCUT2D eigenvalue weighted by atomic mass is 16.5. The van der Waals surface area contributed by atoms with E-state index in [1.165, 1.54) is 7.11 Å². The first-order valence-corrected chi connectivity index (χ1v) is 6.86. The Hall–Kier alpha value is -2.30. The van der Waals surface area contributed by atoms with Gasteiger partial charge in [-0.2, -0.15) is 0 Å². The number of benzene rings is 1. The molecule has 0 fully saturated rings. The van der Waals surface area contributed by atoms with Crippen LogP contribution in [0.2, 0.25) is 0 Å². The number of ether oxygens (including phenoxy) is 2. The van der Waals surface area contributed by atoms with Crippen LogP contribution >= 0.6 is 0 Å². The summed E-state index contributed by atoms with van der Waals surface area (Å²) < 4.78 is 12.6. The Morgan fingerprint density at radius 1 is 1.43 bits per heavy atom.